The lowest BCUT2D eigenvalue weighted by molar-refractivity contribution is -0.137. The van der Waals surface area contributed by atoms with Crippen molar-refractivity contribution in [1.82, 2.24) is 4.90 Å². The first-order valence-electron chi connectivity index (χ1n) is 22.4. The third kappa shape index (κ3) is 39.2. The van der Waals surface area contributed by atoms with Gasteiger partial charge in [-0.1, -0.05) is 179 Å². The lowest BCUT2D eigenvalue weighted by Gasteiger charge is -2.23. The van der Waals surface area contributed by atoms with Gasteiger partial charge in [-0.3, -0.25) is 9.59 Å². The second kappa shape index (κ2) is 41.8. The van der Waals surface area contributed by atoms with Gasteiger partial charge < -0.3 is 10.0 Å². The molecule has 0 saturated carbocycles. The average Bonchev–Trinajstić information content (AvgIpc) is 3.11. The van der Waals surface area contributed by atoms with Gasteiger partial charge >= 0.3 is 5.97 Å². The average molecular weight is 702 g/mol. The summed E-state index contributed by atoms with van der Waals surface area (Å²) < 4.78 is 0. The highest BCUT2D eigenvalue weighted by molar-refractivity contribution is 5.76. The normalized spacial score (nSPS) is 11.7. The quantitative estimate of drug-likeness (QED) is 0.0510. The molecule has 4 nitrogen and oxygen atoms in total. The maximum Gasteiger partial charge on any atom is 0.303 e. The number of nitrogens with zero attached hydrogens (tertiary/aromatic N) is 1. The molecule has 0 aromatic carbocycles. The largest absolute Gasteiger partial charge is 0.481 e. The van der Waals surface area contributed by atoms with E-state index in [4.69, 9.17) is 5.11 Å². The summed E-state index contributed by atoms with van der Waals surface area (Å²) in [6.07, 6.45) is 53.4. The number of hydrogen-bond donors (Lipinski definition) is 1. The fraction of sp³-hybridized carbons (Fsp3) is 0.870. The second-order valence-corrected chi connectivity index (χ2v) is 15.3. The molecule has 0 radical (unpaired) electrons. The van der Waals surface area contributed by atoms with Gasteiger partial charge in [0, 0.05) is 25.9 Å². The van der Waals surface area contributed by atoms with Gasteiger partial charge in [0.1, 0.15) is 0 Å². The number of rotatable bonds is 41. The van der Waals surface area contributed by atoms with E-state index < -0.39 is 5.97 Å². The summed E-state index contributed by atoms with van der Waals surface area (Å²) in [5.41, 5.74) is 0. The third-order valence-electron chi connectivity index (χ3n) is 10.3. The van der Waals surface area contributed by atoms with Crippen LogP contribution in [0.3, 0.4) is 0 Å². The van der Waals surface area contributed by atoms with Gasteiger partial charge in [-0.15, -0.1) is 0 Å². The minimum Gasteiger partial charge on any atom is -0.481 e. The lowest BCUT2D eigenvalue weighted by Crippen LogP contribution is -2.32. The highest BCUT2D eigenvalue weighted by Crippen LogP contribution is 2.15. The molecule has 50 heavy (non-hydrogen) atoms. The van der Waals surface area contributed by atoms with Crippen molar-refractivity contribution < 1.29 is 14.7 Å². The van der Waals surface area contributed by atoms with Crippen LogP contribution in [0, 0.1) is 0 Å². The van der Waals surface area contributed by atoms with E-state index in [1.165, 1.54) is 167 Å². The number of carboxylic acid groups (broad SMARTS) is 1. The second-order valence-electron chi connectivity index (χ2n) is 15.3. The molecule has 0 saturated heterocycles. The van der Waals surface area contributed by atoms with Gasteiger partial charge in [0.25, 0.3) is 0 Å². The Kier molecular flexibility index (Phi) is 40.5. The summed E-state index contributed by atoms with van der Waals surface area (Å²) in [6, 6.07) is 0. The van der Waals surface area contributed by atoms with Crippen molar-refractivity contribution in [1.29, 1.82) is 0 Å². The summed E-state index contributed by atoms with van der Waals surface area (Å²) in [6.45, 7) is 6.43. The van der Waals surface area contributed by atoms with Crippen LogP contribution < -0.4 is 0 Å². The van der Waals surface area contributed by atoms with Crippen LogP contribution in [0.5, 0.6) is 0 Å². The zero-order chi connectivity index (χ0) is 36.4. The summed E-state index contributed by atoms with van der Waals surface area (Å²) in [5, 5.41) is 8.80. The molecule has 0 spiro atoms. The molecule has 0 bridgehead atoms. The molecule has 0 aliphatic carbocycles. The monoisotopic (exact) mass is 702 g/mol. The molecular weight excluding hydrogens is 615 g/mol. The van der Waals surface area contributed by atoms with E-state index in [2.05, 4.69) is 43.1 Å². The molecule has 0 unspecified atom stereocenters. The van der Waals surface area contributed by atoms with Gasteiger partial charge in [-0.05, 0) is 77.0 Å². The lowest BCUT2D eigenvalue weighted by atomic mass is 10.1. The molecule has 0 atom stereocenters. The van der Waals surface area contributed by atoms with E-state index in [9.17, 15) is 9.59 Å². The van der Waals surface area contributed by atoms with Gasteiger partial charge in [-0.2, -0.15) is 0 Å². The predicted octanol–water partition coefficient (Wildman–Crippen LogP) is 15.1. The number of carbonyl (C=O) groups is 2. The number of unbranched alkanes of at least 4 members (excludes halogenated alkanes) is 29. The van der Waals surface area contributed by atoms with Gasteiger partial charge in [-0.25, -0.2) is 0 Å². The Morgan fingerprint density at radius 2 is 0.660 bits per heavy atom. The number of allylic oxidation sites excluding steroid dienone is 4. The van der Waals surface area contributed by atoms with E-state index in [0.717, 1.165) is 64.5 Å². The molecule has 4 heteroatoms. The first-order chi connectivity index (χ1) is 24.6. The van der Waals surface area contributed by atoms with E-state index in [0.29, 0.717) is 12.3 Å². The van der Waals surface area contributed by atoms with Crippen LogP contribution in [-0.4, -0.2) is 35.0 Å². The predicted molar refractivity (Wildman–Crippen MR) is 220 cm³/mol. The SMILES string of the molecule is CCCCCCCC/C=C\CCCCCCCCN(CCCCCCCC/C=C\CCCCCCCC)C(=O)CCCCCCCCC(=O)O. The van der Waals surface area contributed by atoms with Crippen LogP contribution in [0.4, 0.5) is 0 Å². The van der Waals surface area contributed by atoms with Crippen LogP contribution >= 0.6 is 0 Å². The Balaban J connectivity index is 4.11. The van der Waals surface area contributed by atoms with Crippen molar-refractivity contribution >= 4 is 11.9 Å². The third-order valence-corrected chi connectivity index (χ3v) is 10.3. The summed E-state index contributed by atoms with van der Waals surface area (Å²) in [5.74, 6) is -0.337. The standard InChI is InChI=1S/C46H87NO3/c1-3-5-7-9-11-13-15-17-19-21-23-25-27-31-35-39-43-47(45(48)41-37-33-29-30-34-38-42-46(49)50)44-40-36-32-28-26-24-22-20-18-16-14-12-10-8-6-4-2/h17-20H,3-16,21-44H2,1-2H3,(H,49,50)/b19-17-,20-18-. The molecule has 1 amide bonds. The number of amides is 1. The molecule has 0 rings (SSSR count). The van der Waals surface area contributed by atoms with Crippen LogP contribution in [0.15, 0.2) is 24.3 Å². The maximum atomic E-state index is 13.2. The van der Waals surface area contributed by atoms with Crippen molar-refractivity contribution in [3.05, 3.63) is 24.3 Å². The first kappa shape index (κ1) is 48.4. The Hall–Kier alpha value is -1.58. The molecule has 0 heterocycles. The molecule has 0 aromatic heterocycles. The van der Waals surface area contributed by atoms with E-state index in [1.54, 1.807) is 0 Å². The number of carboxylic acids is 1. The fourth-order valence-corrected chi connectivity index (χ4v) is 6.88. The Bertz CT molecular complexity index is 718. The zero-order valence-corrected chi connectivity index (χ0v) is 33.9. The summed E-state index contributed by atoms with van der Waals surface area (Å²) in [4.78, 5) is 26.1. The highest BCUT2D eigenvalue weighted by atomic mass is 16.4. The molecule has 294 valence electrons. The van der Waals surface area contributed by atoms with Crippen molar-refractivity contribution in [2.24, 2.45) is 0 Å². The minimum absolute atomic E-state index is 0.279. The van der Waals surface area contributed by atoms with Gasteiger partial charge in [0.2, 0.25) is 5.91 Å². The Morgan fingerprint density at radius 1 is 0.380 bits per heavy atom. The van der Waals surface area contributed by atoms with Crippen LogP contribution in [0.2, 0.25) is 0 Å². The topological polar surface area (TPSA) is 57.6 Å². The first-order valence-corrected chi connectivity index (χ1v) is 22.4. The van der Waals surface area contributed by atoms with Crippen molar-refractivity contribution in [2.45, 2.75) is 245 Å². The molecule has 0 fully saturated rings. The Morgan fingerprint density at radius 3 is 1.00 bits per heavy atom. The van der Waals surface area contributed by atoms with E-state index >= 15 is 0 Å². The van der Waals surface area contributed by atoms with Crippen molar-refractivity contribution in [2.75, 3.05) is 13.1 Å². The van der Waals surface area contributed by atoms with Crippen LogP contribution in [0.25, 0.3) is 0 Å². The number of carbonyl (C=O) groups excluding carboxylic acids is 1. The Labute approximate surface area is 313 Å². The van der Waals surface area contributed by atoms with Crippen molar-refractivity contribution in [3.63, 3.8) is 0 Å². The van der Waals surface area contributed by atoms with Crippen LogP contribution in [0.1, 0.15) is 245 Å². The molecule has 1 N–H and O–H groups in total. The molecular formula is C46H87NO3. The summed E-state index contributed by atoms with van der Waals surface area (Å²) >= 11 is 0. The maximum absolute atomic E-state index is 13.2. The zero-order valence-electron chi connectivity index (χ0n) is 33.9. The van der Waals surface area contributed by atoms with Crippen LogP contribution in [-0.2, 0) is 9.59 Å². The molecule has 0 aliphatic rings. The smallest absolute Gasteiger partial charge is 0.303 e. The molecule has 0 aliphatic heterocycles. The van der Waals surface area contributed by atoms with Crippen molar-refractivity contribution in [3.8, 4) is 0 Å². The fourth-order valence-electron chi connectivity index (χ4n) is 6.88. The highest BCUT2D eigenvalue weighted by Gasteiger charge is 2.12. The number of hydrogen-bond acceptors (Lipinski definition) is 2. The van der Waals surface area contributed by atoms with E-state index in [-0.39, 0.29) is 6.42 Å². The minimum atomic E-state index is -0.695. The van der Waals surface area contributed by atoms with Gasteiger partial charge in [0.05, 0.1) is 0 Å². The summed E-state index contributed by atoms with van der Waals surface area (Å²) in [7, 11) is 0. The number of aliphatic carboxylic acids is 1. The van der Waals surface area contributed by atoms with Gasteiger partial charge in [0.15, 0.2) is 0 Å². The molecule has 0 aromatic rings. The van der Waals surface area contributed by atoms with E-state index in [1.807, 2.05) is 0 Å².